The molecule has 1 atom stereocenters. The van der Waals surface area contributed by atoms with Crippen LogP contribution in [0.4, 0.5) is 0 Å². The van der Waals surface area contributed by atoms with Gasteiger partial charge >= 0.3 is 0 Å². The van der Waals surface area contributed by atoms with Crippen LogP contribution in [0.25, 0.3) is 0 Å². The fraction of sp³-hybridized carbons (Fsp3) is 0.625. The lowest BCUT2D eigenvalue weighted by atomic mass is 10.0. The van der Waals surface area contributed by atoms with Gasteiger partial charge in [-0.25, -0.2) is 0 Å². The molecule has 0 saturated heterocycles. The summed E-state index contributed by atoms with van der Waals surface area (Å²) >= 11 is 0. The van der Waals surface area contributed by atoms with Crippen LogP contribution in [0.15, 0.2) is 12.1 Å². The summed E-state index contributed by atoms with van der Waals surface area (Å²) in [5.41, 5.74) is 7.17. The molecule has 1 aliphatic rings. The minimum absolute atomic E-state index is 0.142. The van der Waals surface area contributed by atoms with Gasteiger partial charge < -0.3 is 19.9 Å². The predicted molar refractivity (Wildman–Crippen MR) is 79.5 cm³/mol. The summed E-state index contributed by atoms with van der Waals surface area (Å²) in [6, 6.07) is 4.07. The van der Waals surface area contributed by atoms with Crippen LogP contribution in [-0.4, -0.2) is 19.4 Å². The highest BCUT2D eigenvalue weighted by Crippen LogP contribution is 2.38. The molecule has 0 aliphatic carbocycles. The summed E-state index contributed by atoms with van der Waals surface area (Å²) in [4.78, 5) is 0. The van der Waals surface area contributed by atoms with Gasteiger partial charge in [0.25, 0.3) is 0 Å². The first-order chi connectivity index (χ1) is 9.60. The van der Waals surface area contributed by atoms with E-state index in [1.165, 1.54) is 0 Å². The van der Waals surface area contributed by atoms with Crippen molar-refractivity contribution in [3.63, 3.8) is 0 Å². The molecular weight excluding hydrogens is 254 g/mol. The van der Waals surface area contributed by atoms with Crippen LogP contribution in [-0.2, 0) is 6.42 Å². The van der Waals surface area contributed by atoms with Crippen molar-refractivity contribution in [3.05, 3.63) is 17.7 Å². The Kier molecular flexibility index (Phi) is 5.12. The molecule has 1 heterocycles. The molecule has 1 aliphatic heterocycles. The van der Waals surface area contributed by atoms with Crippen LogP contribution in [0.1, 0.15) is 39.2 Å². The molecule has 20 heavy (non-hydrogen) atoms. The first kappa shape index (κ1) is 15.0. The third-order valence-electron chi connectivity index (χ3n) is 3.51. The Labute approximate surface area is 121 Å². The third-order valence-corrected chi connectivity index (χ3v) is 3.51. The normalized spacial score (nSPS) is 14.7. The standard InChI is InChI=1S/C16H25NO3/c1-4-13(17)7-12-8-15-16(20-10-19-15)9-14(12)18-6-5-11(2)3/h8-9,11,13H,4-7,10,17H2,1-3H3. The van der Waals surface area contributed by atoms with Gasteiger partial charge in [0, 0.05) is 12.1 Å². The molecule has 0 radical (unpaired) electrons. The van der Waals surface area contributed by atoms with E-state index in [2.05, 4.69) is 20.8 Å². The number of rotatable bonds is 7. The first-order valence-electron chi connectivity index (χ1n) is 7.41. The number of benzene rings is 1. The topological polar surface area (TPSA) is 53.7 Å². The zero-order chi connectivity index (χ0) is 14.5. The molecule has 0 bridgehead atoms. The molecule has 0 aromatic heterocycles. The lowest BCUT2D eigenvalue weighted by molar-refractivity contribution is 0.173. The Balaban J connectivity index is 2.13. The second-order valence-electron chi connectivity index (χ2n) is 5.72. The van der Waals surface area contributed by atoms with Gasteiger partial charge in [-0.1, -0.05) is 20.8 Å². The van der Waals surface area contributed by atoms with E-state index in [1.807, 2.05) is 12.1 Å². The average molecular weight is 279 g/mol. The van der Waals surface area contributed by atoms with Crippen LogP contribution < -0.4 is 19.9 Å². The van der Waals surface area contributed by atoms with E-state index in [0.717, 1.165) is 42.1 Å². The maximum absolute atomic E-state index is 6.07. The molecule has 4 heteroatoms. The minimum Gasteiger partial charge on any atom is -0.493 e. The summed E-state index contributed by atoms with van der Waals surface area (Å²) in [6.45, 7) is 7.47. The highest BCUT2D eigenvalue weighted by molar-refractivity contribution is 5.52. The minimum atomic E-state index is 0.142. The SMILES string of the molecule is CCC(N)Cc1cc2c(cc1OCCC(C)C)OCO2. The van der Waals surface area contributed by atoms with Crippen LogP contribution in [0.2, 0.25) is 0 Å². The molecule has 1 aromatic rings. The molecule has 0 fully saturated rings. The zero-order valence-corrected chi connectivity index (χ0v) is 12.6. The van der Waals surface area contributed by atoms with E-state index >= 15 is 0 Å². The van der Waals surface area contributed by atoms with Gasteiger partial charge in [0.1, 0.15) is 5.75 Å². The van der Waals surface area contributed by atoms with E-state index in [-0.39, 0.29) is 12.8 Å². The maximum Gasteiger partial charge on any atom is 0.231 e. The van der Waals surface area contributed by atoms with Gasteiger partial charge in [0.05, 0.1) is 6.61 Å². The molecule has 1 aromatic carbocycles. The zero-order valence-electron chi connectivity index (χ0n) is 12.6. The number of hydrogen-bond acceptors (Lipinski definition) is 4. The van der Waals surface area contributed by atoms with E-state index in [1.54, 1.807) is 0 Å². The Morgan fingerprint density at radius 2 is 1.95 bits per heavy atom. The molecule has 4 nitrogen and oxygen atoms in total. The van der Waals surface area contributed by atoms with Gasteiger partial charge in [-0.15, -0.1) is 0 Å². The number of nitrogens with two attached hydrogens (primary N) is 1. The molecular formula is C16H25NO3. The van der Waals surface area contributed by atoms with Gasteiger partial charge in [-0.05, 0) is 36.8 Å². The van der Waals surface area contributed by atoms with Crippen LogP contribution in [0.3, 0.4) is 0 Å². The Bertz CT molecular complexity index is 446. The van der Waals surface area contributed by atoms with Crippen molar-refractivity contribution in [2.24, 2.45) is 11.7 Å². The van der Waals surface area contributed by atoms with E-state index in [9.17, 15) is 0 Å². The van der Waals surface area contributed by atoms with E-state index in [4.69, 9.17) is 19.9 Å². The molecule has 0 amide bonds. The van der Waals surface area contributed by atoms with Crippen molar-refractivity contribution >= 4 is 0 Å². The first-order valence-corrected chi connectivity index (χ1v) is 7.41. The second-order valence-corrected chi connectivity index (χ2v) is 5.72. The fourth-order valence-corrected chi connectivity index (χ4v) is 2.09. The van der Waals surface area contributed by atoms with Crippen LogP contribution in [0, 0.1) is 5.92 Å². The summed E-state index contributed by atoms with van der Waals surface area (Å²) < 4.78 is 16.8. The smallest absolute Gasteiger partial charge is 0.231 e. The summed E-state index contributed by atoms with van der Waals surface area (Å²) in [5, 5.41) is 0. The van der Waals surface area contributed by atoms with Crippen molar-refractivity contribution < 1.29 is 14.2 Å². The summed E-state index contributed by atoms with van der Waals surface area (Å²) in [7, 11) is 0. The average Bonchev–Trinajstić information content (AvgIpc) is 2.85. The van der Waals surface area contributed by atoms with Crippen LogP contribution >= 0.6 is 0 Å². The predicted octanol–water partition coefficient (Wildman–Crippen LogP) is 3.12. The van der Waals surface area contributed by atoms with E-state index < -0.39 is 0 Å². The number of ether oxygens (including phenoxy) is 3. The molecule has 2 rings (SSSR count). The molecule has 2 N–H and O–H groups in total. The van der Waals surface area contributed by atoms with Crippen molar-refractivity contribution in [1.29, 1.82) is 0 Å². The molecule has 1 unspecified atom stereocenters. The molecule has 0 saturated carbocycles. The lowest BCUT2D eigenvalue weighted by Crippen LogP contribution is -2.21. The maximum atomic E-state index is 6.07. The highest BCUT2D eigenvalue weighted by atomic mass is 16.7. The quantitative estimate of drug-likeness (QED) is 0.833. The van der Waals surface area contributed by atoms with Gasteiger partial charge in [-0.2, -0.15) is 0 Å². The van der Waals surface area contributed by atoms with E-state index in [0.29, 0.717) is 12.5 Å². The summed E-state index contributed by atoms with van der Waals surface area (Å²) in [5.74, 6) is 3.06. The summed E-state index contributed by atoms with van der Waals surface area (Å²) in [6.07, 6.45) is 2.78. The van der Waals surface area contributed by atoms with Crippen molar-refractivity contribution in [2.75, 3.05) is 13.4 Å². The van der Waals surface area contributed by atoms with Crippen molar-refractivity contribution in [2.45, 2.75) is 46.1 Å². The Morgan fingerprint density at radius 1 is 1.25 bits per heavy atom. The monoisotopic (exact) mass is 279 g/mol. The lowest BCUT2D eigenvalue weighted by Gasteiger charge is -2.16. The van der Waals surface area contributed by atoms with Gasteiger partial charge in [0.2, 0.25) is 6.79 Å². The fourth-order valence-electron chi connectivity index (χ4n) is 2.09. The Morgan fingerprint density at radius 3 is 2.60 bits per heavy atom. The largest absolute Gasteiger partial charge is 0.493 e. The van der Waals surface area contributed by atoms with Crippen LogP contribution in [0.5, 0.6) is 17.2 Å². The third kappa shape index (κ3) is 3.79. The number of hydrogen-bond donors (Lipinski definition) is 1. The Hall–Kier alpha value is -1.42. The molecule has 112 valence electrons. The molecule has 0 spiro atoms. The van der Waals surface area contributed by atoms with Gasteiger partial charge in [0.15, 0.2) is 11.5 Å². The van der Waals surface area contributed by atoms with Crippen molar-refractivity contribution in [1.82, 2.24) is 0 Å². The van der Waals surface area contributed by atoms with Gasteiger partial charge in [-0.3, -0.25) is 0 Å². The highest BCUT2D eigenvalue weighted by Gasteiger charge is 2.19. The second kappa shape index (κ2) is 6.84. The van der Waals surface area contributed by atoms with Crippen molar-refractivity contribution in [3.8, 4) is 17.2 Å². The number of fused-ring (bicyclic) bond motifs is 1.